The fraction of sp³-hybridized carbons (Fsp3) is 0.500. The van der Waals surface area contributed by atoms with Crippen LogP contribution >= 0.6 is 0 Å². The first kappa shape index (κ1) is 15.5. The van der Waals surface area contributed by atoms with E-state index in [-0.39, 0.29) is 34.8 Å². The van der Waals surface area contributed by atoms with Gasteiger partial charge in [0.2, 0.25) is 0 Å². The highest BCUT2D eigenvalue weighted by molar-refractivity contribution is 5.99. The van der Waals surface area contributed by atoms with Crippen molar-refractivity contribution in [2.45, 2.75) is 44.7 Å². The van der Waals surface area contributed by atoms with Crippen molar-refractivity contribution < 1.29 is 19.6 Å². The first-order valence-corrected chi connectivity index (χ1v) is 7.74. The maximum absolute atomic E-state index is 12.9. The monoisotopic (exact) mass is 318 g/mol. The molecular weight excluding hydrogens is 300 g/mol. The number of carbonyl (C=O) groups excluding carboxylic acids is 1. The Hall–Kier alpha value is -2.44. The minimum Gasteiger partial charge on any atom is -0.478 e. The summed E-state index contributed by atoms with van der Waals surface area (Å²) in [5, 5.41) is 20.1. The number of rotatable bonds is 6. The van der Waals surface area contributed by atoms with E-state index in [0.29, 0.717) is 5.92 Å². The molecule has 1 atom stereocenters. The first-order chi connectivity index (χ1) is 10.9. The van der Waals surface area contributed by atoms with Gasteiger partial charge in [0.05, 0.1) is 10.5 Å². The normalized spacial score (nSPS) is 18.3. The Morgan fingerprint density at radius 2 is 1.83 bits per heavy atom. The van der Waals surface area contributed by atoms with Crippen LogP contribution in [0.15, 0.2) is 18.2 Å². The Kier molecular flexibility index (Phi) is 3.79. The summed E-state index contributed by atoms with van der Waals surface area (Å²) in [7, 11) is 0. The summed E-state index contributed by atoms with van der Waals surface area (Å²) in [5.74, 6) is -1.11. The van der Waals surface area contributed by atoms with Crippen LogP contribution in [0.4, 0.5) is 5.69 Å². The van der Waals surface area contributed by atoms with E-state index in [1.54, 1.807) is 4.90 Å². The largest absolute Gasteiger partial charge is 0.478 e. The molecule has 2 fully saturated rings. The summed E-state index contributed by atoms with van der Waals surface area (Å²) >= 11 is 0. The van der Waals surface area contributed by atoms with Crippen LogP contribution in [0.5, 0.6) is 0 Å². The van der Waals surface area contributed by atoms with E-state index >= 15 is 0 Å². The number of nitro groups is 1. The molecule has 1 unspecified atom stereocenters. The van der Waals surface area contributed by atoms with E-state index < -0.39 is 10.9 Å². The smallest absolute Gasteiger partial charge is 0.335 e. The molecule has 7 heteroatoms. The van der Waals surface area contributed by atoms with E-state index in [1.807, 2.05) is 6.92 Å². The van der Waals surface area contributed by atoms with Crippen molar-refractivity contribution in [3.05, 3.63) is 39.4 Å². The van der Waals surface area contributed by atoms with Crippen molar-refractivity contribution in [1.82, 2.24) is 4.90 Å². The van der Waals surface area contributed by atoms with Gasteiger partial charge in [0, 0.05) is 29.8 Å². The van der Waals surface area contributed by atoms with Crippen LogP contribution < -0.4 is 0 Å². The number of carbonyl (C=O) groups is 2. The molecule has 0 bridgehead atoms. The van der Waals surface area contributed by atoms with Crippen molar-refractivity contribution >= 4 is 17.6 Å². The maximum Gasteiger partial charge on any atom is 0.335 e. The molecule has 3 rings (SSSR count). The van der Waals surface area contributed by atoms with Crippen LogP contribution in [-0.2, 0) is 0 Å². The van der Waals surface area contributed by atoms with Crippen molar-refractivity contribution in [3.63, 3.8) is 0 Å². The fourth-order valence-corrected chi connectivity index (χ4v) is 2.95. The third kappa shape index (κ3) is 3.18. The maximum atomic E-state index is 12.9. The SMILES string of the molecule is CC(C1CC1)N(C(=O)c1cc(C(=O)O)cc([N+](=O)[O-])c1)C1CC1. The predicted molar refractivity (Wildman–Crippen MR) is 81.4 cm³/mol. The van der Waals surface area contributed by atoms with Gasteiger partial charge in [-0.2, -0.15) is 0 Å². The molecule has 7 nitrogen and oxygen atoms in total. The Morgan fingerprint density at radius 3 is 2.30 bits per heavy atom. The minimum atomic E-state index is -1.28. The van der Waals surface area contributed by atoms with Gasteiger partial charge in [-0.3, -0.25) is 14.9 Å². The average Bonchev–Trinajstić information content (AvgIpc) is 3.38. The van der Waals surface area contributed by atoms with Crippen LogP contribution in [0, 0.1) is 16.0 Å². The predicted octanol–water partition coefficient (Wildman–Crippen LogP) is 2.70. The molecule has 1 aromatic rings. The van der Waals surface area contributed by atoms with Crippen LogP contribution in [-0.4, -0.2) is 38.9 Å². The molecule has 0 spiro atoms. The summed E-state index contributed by atoms with van der Waals surface area (Å²) < 4.78 is 0. The van der Waals surface area contributed by atoms with E-state index in [1.165, 1.54) is 12.1 Å². The van der Waals surface area contributed by atoms with Gasteiger partial charge in [-0.25, -0.2) is 4.79 Å². The topological polar surface area (TPSA) is 101 Å². The number of hydrogen-bond acceptors (Lipinski definition) is 4. The first-order valence-electron chi connectivity index (χ1n) is 7.74. The summed E-state index contributed by atoms with van der Waals surface area (Å²) in [6.45, 7) is 2.00. The highest BCUT2D eigenvalue weighted by Gasteiger charge is 2.42. The third-order valence-electron chi connectivity index (χ3n) is 4.54. The summed E-state index contributed by atoms with van der Waals surface area (Å²) in [6, 6.07) is 3.63. The number of carboxylic acid groups (broad SMARTS) is 1. The molecule has 122 valence electrons. The molecule has 0 aromatic heterocycles. The summed E-state index contributed by atoms with van der Waals surface area (Å²) in [6.07, 6.45) is 4.05. The zero-order valence-electron chi connectivity index (χ0n) is 12.8. The number of nitrogens with zero attached hydrogens (tertiary/aromatic N) is 2. The summed E-state index contributed by atoms with van der Waals surface area (Å²) in [5.41, 5.74) is -0.531. The number of non-ortho nitro benzene ring substituents is 1. The van der Waals surface area contributed by atoms with E-state index in [9.17, 15) is 19.7 Å². The van der Waals surface area contributed by atoms with Crippen molar-refractivity contribution in [3.8, 4) is 0 Å². The minimum absolute atomic E-state index is 0.0796. The number of benzene rings is 1. The van der Waals surface area contributed by atoms with Gasteiger partial charge in [-0.15, -0.1) is 0 Å². The molecule has 0 radical (unpaired) electrons. The van der Waals surface area contributed by atoms with Gasteiger partial charge >= 0.3 is 5.97 Å². The molecule has 0 saturated heterocycles. The Balaban J connectivity index is 1.96. The average molecular weight is 318 g/mol. The van der Waals surface area contributed by atoms with Gasteiger partial charge in [0.1, 0.15) is 0 Å². The molecule has 1 N–H and O–H groups in total. The second-order valence-electron chi connectivity index (χ2n) is 6.35. The Bertz CT molecular complexity index is 647. The van der Waals surface area contributed by atoms with Crippen LogP contribution in [0.3, 0.4) is 0 Å². The number of aromatic carboxylic acids is 1. The molecule has 1 amide bonds. The zero-order chi connectivity index (χ0) is 16.7. The van der Waals surface area contributed by atoms with Crippen LogP contribution in [0.2, 0.25) is 0 Å². The molecule has 1 aromatic carbocycles. The van der Waals surface area contributed by atoms with Gasteiger partial charge in [0.25, 0.3) is 11.6 Å². The molecule has 2 aliphatic rings. The Labute approximate surface area is 133 Å². The number of carboxylic acids is 1. The van der Waals surface area contributed by atoms with Crippen molar-refractivity contribution in [1.29, 1.82) is 0 Å². The van der Waals surface area contributed by atoms with Gasteiger partial charge in [-0.05, 0) is 44.6 Å². The lowest BCUT2D eigenvalue weighted by Gasteiger charge is -2.29. The molecule has 2 saturated carbocycles. The van der Waals surface area contributed by atoms with E-state index in [0.717, 1.165) is 31.7 Å². The molecule has 0 aliphatic heterocycles. The van der Waals surface area contributed by atoms with Crippen molar-refractivity contribution in [2.75, 3.05) is 0 Å². The zero-order valence-corrected chi connectivity index (χ0v) is 12.8. The van der Waals surface area contributed by atoms with Gasteiger partial charge < -0.3 is 10.0 Å². The highest BCUT2D eigenvalue weighted by atomic mass is 16.6. The molecular formula is C16H18N2O5. The second-order valence-corrected chi connectivity index (χ2v) is 6.35. The lowest BCUT2D eigenvalue weighted by molar-refractivity contribution is -0.384. The number of nitro benzene ring substituents is 1. The Morgan fingerprint density at radius 1 is 1.22 bits per heavy atom. The lowest BCUT2D eigenvalue weighted by Crippen LogP contribution is -2.41. The molecule has 23 heavy (non-hydrogen) atoms. The van der Waals surface area contributed by atoms with E-state index in [4.69, 9.17) is 5.11 Å². The quantitative estimate of drug-likeness (QED) is 0.642. The van der Waals surface area contributed by atoms with Crippen LogP contribution in [0.25, 0.3) is 0 Å². The molecule has 2 aliphatic carbocycles. The van der Waals surface area contributed by atoms with Crippen molar-refractivity contribution in [2.24, 2.45) is 5.92 Å². The lowest BCUT2D eigenvalue weighted by atomic mass is 10.1. The highest BCUT2D eigenvalue weighted by Crippen LogP contribution is 2.40. The van der Waals surface area contributed by atoms with E-state index in [2.05, 4.69) is 0 Å². The summed E-state index contributed by atoms with van der Waals surface area (Å²) in [4.78, 5) is 36.2. The fourth-order valence-electron chi connectivity index (χ4n) is 2.95. The second kappa shape index (κ2) is 5.64. The van der Waals surface area contributed by atoms with Gasteiger partial charge in [-0.1, -0.05) is 0 Å². The molecule has 0 heterocycles. The standard InChI is InChI=1S/C16H18N2O5/c1-9(10-2-3-10)17(13-4-5-13)15(19)11-6-12(16(20)21)8-14(7-11)18(22)23/h6-10,13H,2-5H2,1H3,(H,20,21). The van der Waals surface area contributed by atoms with Crippen LogP contribution in [0.1, 0.15) is 53.3 Å². The number of hydrogen-bond donors (Lipinski definition) is 1. The number of amides is 1. The van der Waals surface area contributed by atoms with Gasteiger partial charge in [0.15, 0.2) is 0 Å². The third-order valence-corrected chi connectivity index (χ3v) is 4.54.